The lowest BCUT2D eigenvalue weighted by Gasteiger charge is -2.32. The van der Waals surface area contributed by atoms with Crippen LogP contribution in [0.2, 0.25) is 0 Å². The van der Waals surface area contributed by atoms with Crippen LogP contribution in [0.3, 0.4) is 0 Å². The van der Waals surface area contributed by atoms with Crippen molar-refractivity contribution in [2.45, 2.75) is 19.5 Å². The molecule has 30 heavy (non-hydrogen) atoms. The number of carbonyl (C=O) groups is 3. The molecule has 4 rings (SSSR count). The van der Waals surface area contributed by atoms with Gasteiger partial charge in [0.15, 0.2) is 0 Å². The molecule has 1 fully saturated rings. The molecule has 1 N–H and O–H groups in total. The third-order valence-electron chi connectivity index (χ3n) is 5.66. The van der Waals surface area contributed by atoms with E-state index in [0.29, 0.717) is 23.2 Å². The number of ether oxygens (including phenoxy) is 1. The minimum Gasteiger partial charge on any atom is -0.379 e. The summed E-state index contributed by atoms with van der Waals surface area (Å²) >= 11 is 0. The second-order valence-electron chi connectivity index (χ2n) is 7.65. The standard InChI is InChI=1S/C23H25N3O4/c1-16(25-10-12-30-13-11-25)14-24-21(27)18-8-6-17(7-9-18)15-26-22(28)19-4-2-3-5-20(19)23(26)29/h2-9,16H,10-15H2,1H3,(H,24,27). The first-order valence-electron chi connectivity index (χ1n) is 10.2. The van der Waals surface area contributed by atoms with Crippen LogP contribution in [0.4, 0.5) is 0 Å². The number of rotatable bonds is 6. The number of carbonyl (C=O) groups excluding carboxylic acids is 3. The molecule has 1 atom stereocenters. The highest BCUT2D eigenvalue weighted by molar-refractivity contribution is 6.21. The molecule has 2 aliphatic heterocycles. The lowest BCUT2D eigenvalue weighted by atomic mass is 10.1. The van der Waals surface area contributed by atoms with Crippen LogP contribution < -0.4 is 5.32 Å². The second kappa shape index (κ2) is 8.77. The molecule has 0 aromatic heterocycles. The van der Waals surface area contributed by atoms with Gasteiger partial charge in [0.05, 0.1) is 30.9 Å². The van der Waals surface area contributed by atoms with E-state index in [9.17, 15) is 14.4 Å². The molecule has 7 nitrogen and oxygen atoms in total. The maximum atomic E-state index is 12.5. The first-order valence-corrected chi connectivity index (χ1v) is 10.2. The first-order chi connectivity index (χ1) is 14.5. The molecule has 1 unspecified atom stereocenters. The average Bonchev–Trinajstić information content (AvgIpc) is 3.03. The zero-order valence-corrected chi connectivity index (χ0v) is 17.0. The fourth-order valence-corrected chi connectivity index (χ4v) is 3.82. The SMILES string of the molecule is CC(CNC(=O)c1ccc(CN2C(=O)c3ccccc3C2=O)cc1)N1CCOCC1. The van der Waals surface area contributed by atoms with Gasteiger partial charge in [0.2, 0.25) is 0 Å². The van der Waals surface area contributed by atoms with E-state index in [0.717, 1.165) is 31.9 Å². The van der Waals surface area contributed by atoms with Gasteiger partial charge in [-0.3, -0.25) is 24.2 Å². The molecule has 1 saturated heterocycles. The van der Waals surface area contributed by atoms with E-state index < -0.39 is 0 Å². The molecular weight excluding hydrogens is 382 g/mol. The topological polar surface area (TPSA) is 79.0 Å². The highest BCUT2D eigenvalue weighted by Crippen LogP contribution is 2.24. The van der Waals surface area contributed by atoms with Gasteiger partial charge in [-0.1, -0.05) is 24.3 Å². The Morgan fingerprint density at radius 2 is 1.60 bits per heavy atom. The Labute approximate surface area is 175 Å². The minimum absolute atomic E-state index is 0.137. The normalized spacial score (nSPS) is 17.7. The molecule has 0 radical (unpaired) electrons. The van der Waals surface area contributed by atoms with Crippen LogP contribution in [0, 0.1) is 0 Å². The van der Waals surface area contributed by atoms with Gasteiger partial charge in [0, 0.05) is 31.2 Å². The zero-order valence-electron chi connectivity index (χ0n) is 17.0. The molecule has 0 spiro atoms. The van der Waals surface area contributed by atoms with Gasteiger partial charge < -0.3 is 10.1 Å². The van der Waals surface area contributed by atoms with E-state index in [1.54, 1.807) is 48.5 Å². The molecule has 2 aliphatic rings. The monoisotopic (exact) mass is 407 g/mol. The summed E-state index contributed by atoms with van der Waals surface area (Å²) in [5, 5.41) is 2.97. The molecule has 2 aromatic carbocycles. The minimum atomic E-state index is -0.283. The molecule has 0 bridgehead atoms. The maximum Gasteiger partial charge on any atom is 0.261 e. The number of hydrogen-bond acceptors (Lipinski definition) is 5. The van der Waals surface area contributed by atoms with E-state index >= 15 is 0 Å². The van der Waals surface area contributed by atoms with E-state index in [4.69, 9.17) is 4.74 Å². The second-order valence-corrected chi connectivity index (χ2v) is 7.65. The van der Waals surface area contributed by atoms with Gasteiger partial charge in [0.1, 0.15) is 0 Å². The fourth-order valence-electron chi connectivity index (χ4n) is 3.82. The Kier molecular flexibility index (Phi) is 5.92. The van der Waals surface area contributed by atoms with Crippen LogP contribution in [0.25, 0.3) is 0 Å². The Morgan fingerprint density at radius 3 is 2.20 bits per heavy atom. The van der Waals surface area contributed by atoms with E-state index in [1.807, 2.05) is 0 Å². The highest BCUT2D eigenvalue weighted by atomic mass is 16.5. The maximum absolute atomic E-state index is 12.5. The summed E-state index contributed by atoms with van der Waals surface area (Å²) in [7, 11) is 0. The number of benzene rings is 2. The van der Waals surface area contributed by atoms with Crippen molar-refractivity contribution in [1.29, 1.82) is 0 Å². The van der Waals surface area contributed by atoms with Gasteiger partial charge in [-0.25, -0.2) is 0 Å². The van der Waals surface area contributed by atoms with Gasteiger partial charge in [-0.2, -0.15) is 0 Å². The van der Waals surface area contributed by atoms with Crippen LogP contribution in [0.5, 0.6) is 0 Å². The van der Waals surface area contributed by atoms with Crippen LogP contribution in [0.15, 0.2) is 48.5 Å². The summed E-state index contributed by atoms with van der Waals surface area (Å²) in [4.78, 5) is 41.0. The Morgan fingerprint density at radius 1 is 1.00 bits per heavy atom. The summed E-state index contributed by atoms with van der Waals surface area (Å²) in [5.41, 5.74) is 2.22. The van der Waals surface area contributed by atoms with Gasteiger partial charge in [0.25, 0.3) is 17.7 Å². The van der Waals surface area contributed by atoms with E-state index in [2.05, 4.69) is 17.1 Å². The van der Waals surface area contributed by atoms with Gasteiger partial charge >= 0.3 is 0 Å². The van der Waals surface area contributed by atoms with Crippen LogP contribution in [-0.4, -0.2) is 66.4 Å². The van der Waals surface area contributed by atoms with Crippen molar-refractivity contribution in [3.8, 4) is 0 Å². The average molecular weight is 407 g/mol. The molecule has 2 heterocycles. The number of morpholine rings is 1. The number of imide groups is 1. The predicted molar refractivity (Wildman–Crippen MR) is 111 cm³/mol. The number of amides is 3. The summed E-state index contributed by atoms with van der Waals surface area (Å²) < 4.78 is 5.36. The van der Waals surface area contributed by atoms with Crippen molar-refractivity contribution >= 4 is 17.7 Å². The van der Waals surface area contributed by atoms with Gasteiger partial charge in [-0.05, 0) is 36.8 Å². The van der Waals surface area contributed by atoms with Crippen LogP contribution in [-0.2, 0) is 11.3 Å². The van der Waals surface area contributed by atoms with Crippen molar-refractivity contribution in [3.05, 3.63) is 70.8 Å². The lowest BCUT2D eigenvalue weighted by molar-refractivity contribution is 0.0204. The smallest absolute Gasteiger partial charge is 0.261 e. The summed E-state index contributed by atoms with van der Waals surface area (Å²) in [6.07, 6.45) is 0. The quantitative estimate of drug-likeness (QED) is 0.741. The van der Waals surface area contributed by atoms with E-state index in [-0.39, 0.29) is 30.3 Å². The van der Waals surface area contributed by atoms with Crippen molar-refractivity contribution < 1.29 is 19.1 Å². The largest absolute Gasteiger partial charge is 0.379 e. The molecule has 0 aliphatic carbocycles. The number of nitrogens with zero attached hydrogens (tertiary/aromatic N) is 2. The lowest BCUT2D eigenvalue weighted by Crippen LogP contribution is -2.47. The zero-order chi connectivity index (χ0) is 21.1. The predicted octanol–water partition coefficient (Wildman–Crippen LogP) is 1.93. The molecule has 0 saturated carbocycles. The van der Waals surface area contributed by atoms with Gasteiger partial charge in [-0.15, -0.1) is 0 Å². The molecule has 156 valence electrons. The van der Waals surface area contributed by atoms with Crippen molar-refractivity contribution in [2.24, 2.45) is 0 Å². The molecule has 2 aromatic rings. The highest BCUT2D eigenvalue weighted by Gasteiger charge is 2.34. The first kappa shape index (κ1) is 20.3. The molecule has 7 heteroatoms. The Balaban J connectivity index is 1.33. The Bertz CT molecular complexity index is 916. The Hall–Kier alpha value is -3.03. The summed E-state index contributed by atoms with van der Waals surface area (Å²) in [6.45, 7) is 6.06. The van der Waals surface area contributed by atoms with Crippen molar-refractivity contribution in [1.82, 2.24) is 15.1 Å². The third-order valence-corrected chi connectivity index (χ3v) is 5.66. The fraction of sp³-hybridized carbons (Fsp3) is 0.348. The third kappa shape index (κ3) is 4.13. The number of nitrogens with one attached hydrogen (secondary N) is 1. The molecular formula is C23H25N3O4. The van der Waals surface area contributed by atoms with Crippen LogP contribution >= 0.6 is 0 Å². The summed E-state index contributed by atoms with van der Waals surface area (Å²) in [5.74, 6) is -0.702. The van der Waals surface area contributed by atoms with Crippen LogP contribution in [0.1, 0.15) is 43.6 Å². The molecule has 3 amide bonds. The van der Waals surface area contributed by atoms with E-state index in [1.165, 1.54) is 4.90 Å². The number of fused-ring (bicyclic) bond motifs is 1. The van der Waals surface area contributed by atoms with Crippen molar-refractivity contribution in [2.75, 3.05) is 32.8 Å². The van der Waals surface area contributed by atoms with Crippen molar-refractivity contribution in [3.63, 3.8) is 0 Å². The number of hydrogen-bond donors (Lipinski definition) is 1. The summed E-state index contributed by atoms with van der Waals surface area (Å²) in [6, 6.07) is 14.1.